The molecule has 0 saturated heterocycles. The van der Waals surface area contributed by atoms with Gasteiger partial charge in [-0.1, -0.05) is 27.2 Å². The molecule has 1 aliphatic rings. The van der Waals surface area contributed by atoms with Crippen molar-refractivity contribution in [3.63, 3.8) is 0 Å². The van der Waals surface area contributed by atoms with Gasteiger partial charge in [0.05, 0.1) is 5.92 Å². The highest BCUT2D eigenvalue weighted by atomic mass is 16.2. The summed E-state index contributed by atoms with van der Waals surface area (Å²) in [5.74, 6) is -0.000311. The first-order chi connectivity index (χ1) is 8.79. The van der Waals surface area contributed by atoms with Gasteiger partial charge in [-0.2, -0.15) is 0 Å². The molecule has 0 aromatic heterocycles. The Bertz CT molecular complexity index is 323. The standard InChI is InChI=1S/C14H27N3O2/c1-14(2,3)9-12(18)16-7-8-17-13(19)10-5-4-6-11(10)15/h10-11H,4-9,15H2,1-3H3,(H,16,18)(H,17,19)/t10-,11+/m1/s1. The molecule has 1 rings (SSSR count). The van der Waals surface area contributed by atoms with Crippen LogP contribution in [0.4, 0.5) is 0 Å². The number of carbonyl (C=O) groups is 2. The lowest BCUT2D eigenvalue weighted by molar-refractivity contribution is -0.126. The summed E-state index contributed by atoms with van der Waals surface area (Å²) < 4.78 is 0. The number of hydrogen-bond donors (Lipinski definition) is 3. The van der Waals surface area contributed by atoms with Crippen LogP contribution >= 0.6 is 0 Å². The lowest BCUT2D eigenvalue weighted by Gasteiger charge is -2.18. The molecule has 2 amide bonds. The Kier molecular flexibility index (Phi) is 5.79. The molecule has 0 aromatic rings. The summed E-state index contributed by atoms with van der Waals surface area (Å²) in [6, 6.07) is -0.00418. The minimum absolute atomic E-state index is 0.00418. The molecule has 0 spiro atoms. The fraction of sp³-hybridized carbons (Fsp3) is 0.857. The Labute approximate surface area is 115 Å². The van der Waals surface area contributed by atoms with Crippen LogP contribution in [0.15, 0.2) is 0 Å². The lowest BCUT2D eigenvalue weighted by atomic mass is 9.92. The third kappa shape index (κ3) is 6.05. The van der Waals surface area contributed by atoms with Crippen molar-refractivity contribution in [3.8, 4) is 0 Å². The van der Waals surface area contributed by atoms with Crippen LogP contribution in [0.5, 0.6) is 0 Å². The van der Waals surface area contributed by atoms with Crippen LogP contribution in [0, 0.1) is 11.3 Å². The van der Waals surface area contributed by atoms with Crippen molar-refractivity contribution in [2.45, 2.75) is 52.5 Å². The Morgan fingerprint density at radius 1 is 1.16 bits per heavy atom. The average molecular weight is 269 g/mol. The molecule has 0 unspecified atom stereocenters. The summed E-state index contributed by atoms with van der Waals surface area (Å²) in [5, 5.41) is 5.65. The summed E-state index contributed by atoms with van der Waals surface area (Å²) in [5.41, 5.74) is 5.86. The number of carbonyl (C=O) groups excluding carboxylic acids is 2. The van der Waals surface area contributed by atoms with Crippen molar-refractivity contribution < 1.29 is 9.59 Å². The van der Waals surface area contributed by atoms with E-state index in [0.29, 0.717) is 19.5 Å². The number of amides is 2. The Hall–Kier alpha value is -1.10. The van der Waals surface area contributed by atoms with Gasteiger partial charge in [-0.15, -0.1) is 0 Å². The van der Waals surface area contributed by atoms with E-state index >= 15 is 0 Å². The first-order valence-corrected chi connectivity index (χ1v) is 7.09. The quantitative estimate of drug-likeness (QED) is 0.645. The van der Waals surface area contributed by atoms with Crippen molar-refractivity contribution in [1.82, 2.24) is 10.6 Å². The number of rotatable bonds is 5. The van der Waals surface area contributed by atoms with Crippen molar-refractivity contribution in [2.75, 3.05) is 13.1 Å². The summed E-state index contributed by atoms with van der Waals surface area (Å²) >= 11 is 0. The molecule has 0 aromatic carbocycles. The minimum Gasteiger partial charge on any atom is -0.354 e. The molecule has 0 heterocycles. The molecule has 5 nitrogen and oxygen atoms in total. The van der Waals surface area contributed by atoms with Crippen LogP contribution < -0.4 is 16.4 Å². The van der Waals surface area contributed by atoms with Crippen molar-refractivity contribution in [3.05, 3.63) is 0 Å². The van der Waals surface area contributed by atoms with Crippen LogP contribution in [-0.2, 0) is 9.59 Å². The van der Waals surface area contributed by atoms with Gasteiger partial charge in [0.1, 0.15) is 0 Å². The van der Waals surface area contributed by atoms with Crippen LogP contribution in [0.25, 0.3) is 0 Å². The van der Waals surface area contributed by atoms with Gasteiger partial charge in [0.2, 0.25) is 11.8 Å². The average Bonchev–Trinajstić information content (AvgIpc) is 2.68. The number of hydrogen-bond acceptors (Lipinski definition) is 3. The zero-order chi connectivity index (χ0) is 14.5. The molecule has 5 heteroatoms. The molecule has 1 aliphatic carbocycles. The predicted molar refractivity (Wildman–Crippen MR) is 75.4 cm³/mol. The monoisotopic (exact) mass is 269 g/mol. The molecule has 0 bridgehead atoms. The van der Waals surface area contributed by atoms with Crippen molar-refractivity contribution in [2.24, 2.45) is 17.1 Å². The van der Waals surface area contributed by atoms with E-state index in [1.54, 1.807) is 0 Å². The van der Waals surface area contributed by atoms with Gasteiger partial charge >= 0.3 is 0 Å². The smallest absolute Gasteiger partial charge is 0.224 e. The van der Waals surface area contributed by atoms with Gasteiger partial charge in [0, 0.05) is 25.6 Å². The highest BCUT2D eigenvalue weighted by Gasteiger charge is 2.29. The molecule has 4 N–H and O–H groups in total. The van der Waals surface area contributed by atoms with Gasteiger partial charge in [-0.3, -0.25) is 9.59 Å². The van der Waals surface area contributed by atoms with E-state index in [-0.39, 0.29) is 29.2 Å². The van der Waals surface area contributed by atoms with E-state index in [0.717, 1.165) is 19.3 Å². The van der Waals surface area contributed by atoms with Crippen molar-refractivity contribution >= 4 is 11.8 Å². The molecule has 0 radical (unpaired) electrons. The summed E-state index contributed by atoms with van der Waals surface area (Å²) in [7, 11) is 0. The SMILES string of the molecule is CC(C)(C)CC(=O)NCCNC(=O)[C@@H]1CCC[C@@H]1N. The zero-order valence-corrected chi connectivity index (χ0v) is 12.3. The highest BCUT2D eigenvalue weighted by Crippen LogP contribution is 2.23. The molecular weight excluding hydrogens is 242 g/mol. The maximum Gasteiger partial charge on any atom is 0.224 e. The maximum atomic E-state index is 11.8. The van der Waals surface area contributed by atoms with E-state index in [1.807, 2.05) is 20.8 Å². The minimum atomic E-state index is -0.0507. The topological polar surface area (TPSA) is 84.2 Å². The summed E-state index contributed by atoms with van der Waals surface area (Å²) in [4.78, 5) is 23.4. The zero-order valence-electron chi connectivity index (χ0n) is 12.3. The molecule has 110 valence electrons. The van der Waals surface area contributed by atoms with Crippen LogP contribution in [-0.4, -0.2) is 30.9 Å². The van der Waals surface area contributed by atoms with E-state index in [4.69, 9.17) is 5.73 Å². The van der Waals surface area contributed by atoms with Crippen LogP contribution in [0.2, 0.25) is 0 Å². The second kappa shape index (κ2) is 6.89. The lowest BCUT2D eigenvalue weighted by Crippen LogP contribution is -2.42. The molecule has 2 atom stereocenters. The fourth-order valence-corrected chi connectivity index (χ4v) is 2.38. The first-order valence-electron chi connectivity index (χ1n) is 7.09. The Balaban J connectivity index is 2.14. The molecule has 1 saturated carbocycles. The van der Waals surface area contributed by atoms with E-state index in [9.17, 15) is 9.59 Å². The Morgan fingerprint density at radius 2 is 1.79 bits per heavy atom. The highest BCUT2D eigenvalue weighted by molar-refractivity contribution is 5.80. The number of nitrogens with one attached hydrogen (secondary N) is 2. The second-order valence-corrected chi connectivity index (χ2v) is 6.58. The van der Waals surface area contributed by atoms with Crippen LogP contribution in [0.3, 0.4) is 0 Å². The van der Waals surface area contributed by atoms with E-state index < -0.39 is 0 Å². The Morgan fingerprint density at radius 3 is 2.32 bits per heavy atom. The molecule has 19 heavy (non-hydrogen) atoms. The summed E-state index contributed by atoms with van der Waals surface area (Å²) in [6.07, 6.45) is 3.33. The fourth-order valence-electron chi connectivity index (χ4n) is 2.38. The molecule has 0 aliphatic heterocycles. The van der Waals surface area contributed by atoms with E-state index in [2.05, 4.69) is 10.6 Å². The predicted octanol–water partition coefficient (Wildman–Crippen LogP) is 0.782. The molecule has 1 fully saturated rings. The van der Waals surface area contributed by atoms with Gasteiger partial charge in [-0.25, -0.2) is 0 Å². The van der Waals surface area contributed by atoms with Gasteiger partial charge in [-0.05, 0) is 18.3 Å². The number of nitrogens with two attached hydrogens (primary N) is 1. The largest absolute Gasteiger partial charge is 0.354 e. The van der Waals surface area contributed by atoms with Gasteiger partial charge in [0.15, 0.2) is 0 Å². The normalized spacial score (nSPS) is 23.2. The van der Waals surface area contributed by atoms with Crippen molar-refractivity contribution in [1.29, 1.82) is 0 Å². The van der Waals surface area contributed by atoms with Gasteiger partial charge < -0.3 is 16.4 Å². The third-order valence-electron chi connectivity index (χ3n) is 3.34. The maximum absolute atomic E-state index is 11.8. The van der Waals surface area contributed by atoms with Gasteiger partial charge in [0.25, 0.3) is 0 Å². The second-order valence-electron chi connectivity index (χ2n) is 6.58. The molecular formula is C14H27N3O2. The summed E-state index contributed by atoms with van der Waals surface area (Å²) in [6.45, 7) is 7.02. The van der Waals surface area contributed by atoms with Crippen LogP contribution in [0.1, 0.15) is 46.5 Å². The third-order valence-corrected chi connectivity index (χ3v) is 3.34. The van der Waals surface area contributed by atoms with E-state index in [1.165, 1.54) is 0 Å². The first kappa shape index (κ1) is 16.0.